The lowest BCUT2D eigenvalue weighted by atomic mass is 10.1. The molecule has 0 aliphatic carbocycles. The normalized spacial score (nSPS) is 12.0. The molecule has 0 aliphatic rings. The Bertz CT molecular complexity index is 557. The van der Waals surface area contributed by atoms with E-state index in [0.717, 1.165) is 5.69 Å². The molecule has 0 radical (unpaired) electrons. The summed E-state index contributed by atoms with van der Waals surface area (Å²) in [6.45, 7) is 6.30. The molecule has 1 aromatic carbocycles. The van der Waals surface area contributed by atoms with Crippen molar-refractivity contribution >= 4 is 21.4 Å². The molecule has 0 fully saturated rings. The minimum atomic E-state index is -3.17. The van der Waals surface area contributed by atoms with Gasteiger partial charge in [-0.3, -0.25) is 4.79 Å². The van der Waals surface area contributed by atoms with E-state index in [1.807, 2.05) is 20.8 Å². The number of carbonyl (C=O) groups excluding carboxylic acids is 1. The molecule has 1 amide bonds. The fourth-order valence-corrected chi connectivity index (χ4v) is 2.25. The van der Waals surface area contributed by atoms with E-state index in [-0.39, 0.29) is 16.3 Å². The lowest BCUT2D eigenvalue weighted by Gasteiger charge is -2.20. The standard InChI is InChI=1S/C14H22N2O3S/c1-14(2,3)16-13(17)9-10-15-11-5-7-12(8-6-11)20(4,18)19/h5-8,15H,9-10H2,1-4H3,(H,16,17). The quantitative estimate of drug-likeness (QED) is 0.869. The van der Waals surface area contributed by atoms with E-state index in [4.69, 9.17) is 0 Å². The predicted octanol–water partition coefficient (Wildman–Crippen LogP) is 1.81. The fraction of sp³-hybridized carbons (Fsp3) is 0.500. The van der Waals surface area contributed by atoms with Crippen LogP contribution in [0.15, 0.2) is 29.2 Å². The predicted molar refractivity (Wildman–Crippen MR) is 80.6 cm³/mol. The zero-order chi connectivity index (χ0) is 15.4. The number of sulfone groups is 1. The number of carbonyl (C=O) groups is 1. The van der Waals surface area contributed by atoms with Gasteiger partial charge in [-0.25, -0.2) is 8.42 Å². The molecule has 1 rings (SSSR count). The van der Waals surface area contributed by atoms with Crippen LogP contribution in [0.25, 0.3) is 0 Å². The molecule has 0 saturated heterocycles. The van der Waals surface area contributed by atoms with Crippen LogP contribution in [0.1, 0.15) is 27.2 Å². The second-order valence-electron chi connectivity index (χ2n) is 5.77. The SMILES string of the molecule is CC(C)(C)NC(=O)CCNc1ccc(S(C)(=O)=O)cc1. The Morgan fingerprint density at radius 2 is 1.70 bits per heavy atom. The number of hydrogen-bond donors (Lipinski definition) is 2. The van der Waals surface area contributed by atoms with E-state index >= 15 is 0 Å². The van der Waals surface area contributed by atoms with Crippen LogP contribution < -0.4 is 10.6 Å². The molecule has 0 bridgehead atoms. The Morgan fingerprint density at radius 3 is 2.15 bits per heavy atom. The van der Waals surface area contributed by atoms with Gasteiger partial charge in [-0.1, -0.05) is 0 Å². The second kappa shape index (κ2) is 6.26. The lowest BCUT2D eigenvalue weighted by Crippen LogP contribution is -2.41. The van der Waals surface area contributed by atoms with Crippen molar-refractivity contribution in [3.63, 3.8) is 0 Å². The van der Waals surface area contributed by atoms with Gasteiger partial charge in [0.1, 0.15) is 0 Å². The number of benzene rings is 1. The molecule has 1 aromatic rings. The van der Waals surface area contributed by atoms with Gasteiger partial charge in [-0.05, 0) is 45.0 Å². The van der Waals surface area contributed by atoms with Gasteiger partial charge in [0.25, 0.3) is 0 Å². The fourth-order valence-electron chi connectivity index (χ4n) is 1.62. The number of anilines is 1. The van der Waals surface area contributed by atoms with E-state index in [2.05, 4.69) is 10.6 Å². The second-order valence-corrected chi connectivity index (χ2v) is 7.79. The number of hydrogen-bond acceptors (Lipinski definition) is 4. The molecule has 0 spiro atoms. The Kier molecular flexibility index (Phi) is 5.16. The van der Waals surface area contributed by atoms with Crippen LogP contribution in [0.3, 0.4) is 0 Å². The molecule has 0 unspecified atom stereocenters. The van der Waals surface area contributed by atoms with Crippen molar-refractivity contribution in [1.82, 2.24) is 5.32 Å². The molecule has 0 atom stereocenters. The van der Waals surface area contributed by atoms with Crippen molar-refractivity contribution in [3.05, 3.63) is 24.3 Å². The highest BCUT2D eigenvalue weighted by molar-refractivity contribution is 7.90. The minimum Gasteiger partial charge on any atom is -0.385 e. The van der Waals surface area contributed by atoms with E-state index < -0.39 is 9.84 Å². The van der Waals surface area contributed by atoms with Crippen molar-refractivity contribution < 1.29 is 13.2 Å². The van der Waals surface area contributed by atoms with E-state index in [1.165, 1.54) is 6.26 Å². The number of nitrogens with one attached hydrogen (secondary N) is 2. The molecular weight excluding hydrogens is 276 g/mol. The van der Waals surface area contributed by atoms with E-state index in [9.17, 15) is 13.2 Å². The van der Waals surface area contributed by atoms with Crippen molar-refractivity contribution in [2.45, 2.75) is 37.6 Å². The third kappa shape index (κ3) is 6.06. The third-order valence-corrected chi connectivity index (χ3v) is 3.61. The van der Waals surface area contributed by atoms with Gasteiger partial charge in [-0.15, -0.1) is 0 Å². The summed E-state index contributed by atoms with van der Waals surface area (Å²) in [5.74, 6) is -0.0160. The van der Waals surface area contributed by atoms with Crippen LogP contribution in [0.2, 0.25) is 0 Å². The maximum Gasteiger partial charge on any atom is 0.222 e. The highest BCUT2D eigenvalue weighted by atomic mass is 32.2. The average Bonchev–Trinajstić information content (AvgIpc) is 2.26. The molecule has 0 aliphatic heterocycles. The molecule has 112 valence electrons. The van der Waals surface area contributed by atoms with Gasteiger partial charge in [0, 0.05) is 30.4 Å². The van der Waals surface area contributed by atoms with Gasteiger partial charge in [0.2, 0.25) is 5.91 Å². The van der Waals surface area contributed by atoms with Crippen LogP contribution in [0, 0.1) is 0 Å². The highest BCUT2D eigenvalue weighted by Crippen LogP contribution is 2.13. The minimum absolute atomic E-state index is 0.0160. The zero-order valence-electron chi connectivity index (χ0n) is 12.4. The summed E-state index contributed by atoms with van der Waals surface area (Å²) in [4.78, 5) is 11.9. The van der Waals surface area contributed by atoms with Crippen molar-refractivity contribution in [2.24, 2.45) is 0 Å². The first-order valence-corrected chi connectivity index (χ1v) is 8.32. The van der Waals surface area contributed by atoms with E-state index in [1.54, 1.807) is 24.3 Å². The van der Waals surface area contributed by atoms with Gasteiger partial charge in [0.15, 0.2) is 9.84 Å². The lowest BCUT2D eigenvalue weighted by molar-refractivity contribution is -0.122. The first-order chi connectivity index (χ1) is 9.08. The van der Waals surface area contributed by atoms with Crippen LogP contribution in [0.4, 0.5) is 5.69 Å². The molecule has 0 aromatic heterocycles. The summed E-state index contributed by atoms with van der Waals surface area (Å²) < 4.78 is 22.6. The summed E-state index contributed by atoms with van der Waals surface area (Å²) in [5, 5.41) is 5.96. The summed E-state index contributed by atoms with van der Waals surface area (Å²) >= 11 is 0. The highest BCUT2D eigenvalue weighted by Gasteiger charge is 2.13. The first kappa shape index (κ1) is 16.5. The Balaban J connectivity index is 2.45. The Hall–Kier alpha value is -1.56. The molecule has 5 nitrogen and oxygen atoms in total. The monoisotopic (exact) mass is 298 g/mol. The van der Waals surface area contributed by atoms with Gasteiger partial charge >= 0.3 is 0 Å². The van der Waals surface area contributed by atoms with Crippen molar-refractivity contribution in [2.75, 3.05) is 18.1 Å². The third-order valence-electron chi connectivity index (χ3n) is 2.48. The smallest absolute Gasteiger partial charge is 0.222 e. The van der Waals surface area contributed by atoms with Crippen LogP contribution >= 0.6 is 0 Å². The summed E-state index contributed by atoms with van der Waals surface area (Å²) in [6, 6.07) is 6.48. The zero-order valence-corrected chi connectivity index (χ0v) is 13.2. The summed E-state index contributed by atoms with van der Waals surface area (Å²) in [6.07, 6.45) is 1.54. The number of amides is 1. The molecule has 20 heavy (non-hydrogen) atoms. The Morgan fingerprint density at radius 1 is 1.15 bits per heavy atom. The first-order valence-electron chi connectivity index (χ1n) is 6.43. The van der Waals surface area contributed by atoms with E-state index in [0.29, 0.717) is 13.0 Å². The molecule has 6 heteroatoms. The van der Waals surface area contributed by atoms with Crippen LogP contribution in [0.5, 0.6) is 0 Å². The van der Waals surface area contributed by atoms with Crippen molar-refractivity contribution in [1.29, 1.82) is 0 Å². The molecule has 0 heterocycles. The molecule has 0 saturated carbocycles. The van der Waals surface area contributed by atoms with Crippen LogP contribution in [-0.4, -0.2) is 32.7 Å². The summed E-state index contributed by atoms with van der Waals surface area (Å²) in [5.41, 5.74) is 0.565. The Labute approximate surface area is 120 Å². The average molecular weight is 298 g/mol. The number of rotatable bonds is 5. The molecular formula is C14H22N2O3S. The topological polar surface area (TPSA) is 75.3 Å². The van der Waals surface area contributed by atoms with Crippen molar-refractivity contribution in [3.8, 4) is 0 Å². The molecule has 2 N–H and O–H groups in total. The van der Waals surface area contributed by atoms with Gasteiger partial charge < -0.3 is 10.6 Å². The maximum absolute atomic E-state index is 11.6. The maximum atomic E-state index is 11.6. The largest absolute Gasteiger partial charge is 0.385 e. The summed E-state index contributed by atoms with van der Waals surface area (Å²) in [7, 11) is -3.17. The van der Waals surface area contributed by atoms with Gasteiger partial charge in [-0.2, -0.15) is 0 Å². The van der Waals surface area contributed by atoms with Crippen LogP contribution in [-0.2, 0) is 14.6 Å². The van der Waals surface area contributed by atoms with Gasteiger partial charge in [0.05, 0.1) is 4.90 Å².